The minimum absolute atomic E-state index is 0.0526. The van der Waals surface area contributed by atoms with E-state index < -0.39 is 35.3 Å². The van der Waals surface area contributed by atoms with E-state index >= 15 is 0 Å². The molecule has 5 atom stereocenters. The van der Waals surface area contributed by atoms with Crippen LogP contribution < -0.4 is 0 Å². The highest BCUT2D eigenvalue weighted by atomic mass is 16.6. The fourth-order valence-corrected chi connectivity index (χ4v) is 4.83. The molecule has 0 saturated carbocycles. The zero-order chi connectivity index (χ0) is 22.4. The monoisotopic (exact) mass is 428 g/mol. The molecule has 0 amide bonds. The van der Waals surface area contributed by atoms with Crippen molar-refractivity contribution in [2.75, 3.05) is 0 Å². The summed E-state index contributed by atoms with van der Waals surface area (Å²) in [5.74, 6) is -4.05. The van der Waals surface area contributed by atoms with Crippen molar-refractivity contribution in [3.63, 3.8) is 0 Å². The van der Waals surface area contributed by atoms with Crippen LogP contribution in [-0.2, 0) is 25.5 Å². The fourth-order valence-electron chi connectivity index (χ4n) is 4.83. The Morgan fingerprint density at radius 3 is 2.61 bits per heavy atom. The Bertz CT molecular complexity index is 950. The molecule has 3 heterocycles. The van der Waals surface area contributed by atoms with Gasteiger partial charge in [0.25, 0.3) is 0 Å². The molecule has 1 aromatic carbocycles. The molecule has 166 valence electrons. The molecule has 31 heavy (non-hydrogen) atoms. The quantitative estimate of drug-likeness (QED) is 0.618. The molecule has 2 bridgehead atoms. The van der Waals surface area contributed by atoms with E-state index in [0.29, 0.717) is 18.4 Å². The molecule has 3 N–H and O–H groups in total. The molecule has 0 aliphatic carbocycles. The molecule has 0 spiro atoms. The van der Waals surface area contributed by atoms with Crippen molar-refractivity contribution in [1.29, 1.82) is 0 Å². The van der Waals surface area contributed by atoms with Gasteiger partial charge in [-0.25, -0.2) is 4.79 Å². The van der Waals surface area contributed by atoms with Crippen LogP contribution in [0.15, 0.2) is 53.3 Å². The second kappa shape index (κ2) is 7.89. The van der Waals surface area contributed by atoms with Gasteiger partial charge in [0.1, 0.15) is 5.76 Å². The second-order valence-electron chi connectivity index (χ2n) is 9.13. The Morgan fingerprint density at radius 1 is 1.23 bits per heavy atom. The van der Waals surface area contributed by atoms with Crippen molar-refractivity contribution in [2.45, 2.75) is 63.4 Å². The van der Waals surface area contributed by atoms with Crippen LogP contribution in [0.3, 0.4) is 0 Å². The number of carbonyl (C=O) groups excluding carboxylic acids is 1. The highest BCUT2D eigenvalue weighted by Crippen LogP contribution is 2.47. The van der Waals surface area contributed by atoms with Gasteiger partial charge in [-0.1, -0.05) is 37.3 Å². The molecule has 0 aromatic heterocycles. The third-order valence-corrected chi connectivity index (χ3v) is 6.67. The Balaban J connectivity index is 1.71. The summed E-state index contributed by atoms with van der Waals surface area (Å²) in [6.07, 6.45) is 1.88. The summed E-state index contributed by atoms with van der Waals surface area (Å²) in [5.41, 5.74) is 0.506. The SMILES string of the molecule is C[C@@H]1C[C@H](O)C2=C(CC(Cc3ccccc3)C(=O)O)C(=O)O/C2=C/C2(C)CCC1(O)O2. The number of carbonyl (C=O) groups is 2. The topological polar surface area (TPSA) is 113 Å². The van der Waals surface area contributed by atoms with Crippen LogP contribution in [0.2, 0.25) is 0 Å². The van der Waals surface area contributed by atoms with Gasteiger partial charge in [-0.15, -0.1) is 0 Å². The third kappa shape index (κ3) is 4.18. The summed E-state index contributed by atoms with van der Waals surface area (Å²) < 4.78 is 11.4. The van der Waals surface area contributed by atoms with Gasteiger partial charge in [-0.3, -0.25) is 4.79 Å². The minimum atomic E-state index is -1.37. The number of aliphatic hydroxyl groups is 2. The standard InChI is InChI=1S/C24H28O7/c1-14-10-18(25)20-17(12-16(21(26)27)11-15-6-4-3-5-7-15)22(28)30-19(20)13-23(2)8-9-24(14,29)31-23/h3-7,13-14,16,18,25,29H,8-12H2,1-2H3,(H,26,27)/b19-13+/t14-,16?,18+,23?,24?/m1/s1. The van der Waals surface area contributed by atoms with Gasteiger partial charge >= 0.3 is 11.9 Å². The van der Waals surface area contributed by atoms with Crippen LogP contribution in [0, 0.1) is 11.8 Å². The molecule has 0 radical (unpaired) electrons. The molecule has 1 saturated heterocycles. The van der Waals surface area contributed by atoms with E-state index in [1.807, 2.05) is 30.3 Å². The number of carboxylic acid groups (broad SMARTS) is 1. The number of hydrogen-bond donors (Lipinski definition) is 3. The third-order valence-electron chi connectivity index (χ3n) is 6.67. The Labute approximate surface area is 181 Å². The van der Waals surface area contributed by atoms with Crippen LogP contribution in [0.4, 0.5) is 0 Å². The zero-order valence-electron chi connectivity index (χ0n) is 17.7. The van der Waals surface area contributed by atoms with Crippen molar-refractivity contribution >= 4 is 11.9 Å². The number of hydrogen-bond acceptors (Lipinski definition) is 6. The predicted molar refractivity (Wildman–Crippen MR) is 111 cm³/mol. The van der Waals surface area contributed by atoms with Gasteiger partial charge in [-0.2, -0.15) is 0 Å². The minimum Gasteiger partial charge on any atom is -0.481 e. The summed E-state index contributed by atoms with van der Waals surface area (Å²) in [7, 11) is 0. The zero-order valence-corrected chi connectivity index (χ0v) is 17.7. The first-order valence-corrected chi connectivity index (χ1v) is 10.7. The average Bonchev–Trinajstić information content (AvgIpc) is 3.18. The molecule has 1 fully saturated rings. The van der Waals surface area contributed by atoms with E-state index in [1.54, 1.807) is 19.9 Å². The maximum atomic E-state index is 12.7. The smallest absolute Gasteiger partial charge is 0.339 e. The highest BCUT2D eigenvalue weighted by molar-refractivity contribution is 5.95. The molecular formula is C24H28O7. The van der Waals surface area contributed by atoms with Crippen LogP contribution in [-0.4, -0.2) is 44.8 Å². The van der Waals surface area contributed by atoms with E-state index in [9.17, 15) is 24.9 Å². The van der Waals surface area contributed by atoms with Crippen LogP contribution in [0.5, 0.6) is 0 Å². The lowest BCUT2D eigenvalue weighted by molar-refractivity contribution is -0.238. The molecule has 4 rings (SSSR count). The van der Waals surface area contributed by atoms with Crippen LogP contribution in [0.1, 0.15) is 45.1 Å². The first-order valence-electron chi connectivity index (χ1n) is 10.7. The maximum Gasteiger partial charge on any atom is 0.339 e. The van der Waals surface area contributed by atoms with Crippen LogP contribution in [0.25, 0.3) is 0 Å². The number of esters is 1. The summed E-state index contributed by atoms with van der Waals surface area (Å²) >= 11 is 0. The molecule has 1 aromatic rings. The first-order chi connectivity index (χ1) is 14.6. The van der Waals surface area contributed by atoms with E-state index in [0.717, 1.165) is 5.56 Å². The Kier molecular flexibility index (Phi) is 5.54. The summed E-state index contributed by atoms with van der Waals surface area (Å²) in [4.78, 5) is 24.7. The van der Waals surface area contributed by atoms with Gasteiger partial charge < -0.3 is 24.8 Å². The van der Waals surface area contributed by atoms with Crippen molar-refractivity contribution < 1.29 is 34.4 Å². The van der Waals surface area contributed by atoms with Crippen molar-refractivity contribution in [3.8, 4) is 0 Å². The van der Waals surface area contributed by atoms with Crippen molar-refractivity contribution in [2.24, 2.45) is 11.8 Å². The summed E-state index contributed by atoms with van der Waals surface area (Å²) in [6.45, 7) is 3.61. The van der Waals surface area contributed by atoms with E-state index in [4.69, 9.17) is 9.47 Å². The number of aliphatic hydroxyl groups excluding tert-OH is 1. The van der Waals surface area contributed by atoms with Crippen LogP contribution >= 0.6 is 0 Å². The molecule has 3 aliphatic heterocycles. The van der Waals surface area contributed by atoms with Crippen molar-refractivity contribution in [1.82, 2.24) is 0 Å². The molecule has 3 aliphatic rings. The summed E-state index contributed by atoms with van der Waals surface area (Å²) in [6, 6.07) is 9.22. The largest absolute Gasteiger partial charge is 0.481 e. The first kappa shape index (κ1) is 21.7. The molecule has 7 heteroatoms. The number of ether oxygens (including phenoxy) is 2. The maximum absolute atomic E-state index is 12.7. The fraction of sp³-hybridized carbons (Fsp3) is 0.500. The number of carboxylic acids is 1. The number of fused-ring (bicyclic) bond motifs is 3. The number of rotatable bonds is 5. The van der Waals surface area contributed by atoms with E-state index in [-0.39, 0.29) is 36.5 Å². The number of benzene rings is 1. The lowest BCUT2D eigenvalue weighted by Crippen LogP contribution is -2.39. The molecule has 7 nitrogen and oxygen atoms in total. The Morgan fingerprint density at radius 2 is 1.94 bits per heavy atom. The van der Waals surface area contributed by atoms with E-state index in [2.05, 4.69) is 0 Å². The lowest BCUT2D eigenvalue weighted by atomic mass is 9.84. The molecular weight excluding hydrogens is 400 g/mol. The van der Waals surface area contributed by atoms with Gasteiger partial charge in [0.15, 0.2) is 5.79 Å². The normalized spacial score (nSPS) is 35.4. The van der Waals surface area contributed by atoms with Gasteiger partial charge in [0.05, 0.1) is 17.6 Å². The predicted octanol–water partition coefficient (Wildman–Crippen LogP) is 2.72. The second-order valence-corrected chi connectivity index (χ2v) is 9.13. The average molecular weight is 428 g/mol. The molecule has 3 unspecified atom stereocenters. The summed E-state index contributed by atoms with van der Waals surface area (Å²) in [5, 5.41) is 31.7. The Hall–Kier alpha value is -2.48. The number of aliphatic carboxylic acids is 1. The van der Waals surface area contributed by atoms with E-state index in [1.165, 1.54) is 0 Å². The van der Waals surface area contributed by atoms with Gasteiger partial charge in [0, 0.05) is 23.5 Å². The van der Waals surface area contributed by atoms with Gasteiger partial charge in [0.2, 0.25) is 0 Å². The van der Waals surface area contributed by atoms with Crippen molar-refractivity contribution in [3.05, 3.63) is 58.9 Å². The van der Waals surface area contributed by atoms with Gasteiger partial charge in [-0.05, 0) is 44.2 Å². The highest BCUT2D eigenvalue weighted by Gasteiger charge is 2.51. The lowest BCUT2D eigenvalue weighted by Gasteiger charge is -2.32.